The maximum Gasteiger partial charge on any atom is 0.262 e. The SMILES string of the molecule is O=C(CSc1nc2ccccc2c(=O)n1C1CCCC1)c1cccs1. The molecule has 0 saturated heterocycles. The van der Waals surface area contributed by atoms with Crippen LogP contribution >= 0.6 is 23.1 Å². The van der Waals surface area contributed by atoms with E-state index in [0.717, 1.165) is 30.6 Å². The molecule has 1 saturated carbocycles. The van der Waals surface area contributed by atoms with Crippen molar-refractivity contribution in [3.05, 3.63) is 57.0 Å². The van der Waals surface area contributed by atoms with Crippen LogP contribution in [0.5, 0.6) is 0 Å². The van der Waals surface area contributed by atoms with E-state index in [9.17, 15) is 9.59 Å². The minimum absolute atomic E-state index is 0.0172. The van der Waals surface area contributed by atoms with Gasteiger partial charge in [0.1, 0.15) is 0 Å². The van der Waals surface area contributed by atoms with E-state index < -0.39 is 0 Å². The number of benzene rings is 1. The third-order valence-corrected chi connectivity index (χ3v) is 6.46. The standard InChI is InChI=1S/C19H18N2O2S2/c22-16(17-10-5-11-24-17)12-25-19-20-15-9-4-3-8-14(15)18(23)21(19)13-6-1-2-7-13/h3-5,8-11,13H,1-2,6-7,12H2. The maximum absolute atomic E-state index is 13.0. The third-order valence-electron chi connectivity index (χ3n) is 4.59. The van der Waals surface area contributed by atoms with Gasteiger partial charge in [-0.05, 0) is 36.4 Å². The zero-order chi connectivity index (χ0) is 17.2. The molecule has 0 atom stereocenters. The summed E-state index contributed by atoms with van der Waals surface area (Å²) in [4.78, 5) is 30.8. The number of hydrogen-bond acceptors (Lipinski definition) is 5. The highest BCUT2D eigenvalue weighted by Gasteiger charge is 2.23. The van der Waals surface area contributed by atoms with Crippen molar-refractivity contribution in [3.63, 3.8) is 0 Å². The molecule has 0 unspecified atom stereocenters. The fourth-order valence-corrected chi connectivity index (χ4v) is 5.06. The molecule has 1 fully saturated rings. The van der Waals surface area contributed by atoms with Gasteiger partial charge in [-0.15, -0.1) is 11.3 Å². The topological polar surface area (TPSA) is 52.0 Å². The Morgan fingerprint density at radius 1 is 1.20 bits per heavy atom. The minimum Gasteiger partial charge on any atom is -0.292 e. The average Bonchev–Trinajstić information content (AvgIpc) is 3.33. The van der Waals surface area contributed by atoms with Gasteiger partial charge in [-0.25, -0.2) is 4.98 Å². The number of carbonyl (C=O) groups excluding carboxylic acids is 1. The maximum atomic E-state index is 13.0. The zero-order valence-corrected chi connectivity index (χ0v) is 15.3. The molecule has 2 aromatic heterocycles. The largest absolute Gasteiger partial charge is 0.292 e. The first-order valence-corrected chi connectivity index (χ1v) is 10.3. The second-order valence-corrected chi connectivity index (χ2v) is 8.10. The van der Waals surface area contributed by atoms with Crippen molar-refractivity contribution in [2.24, 2.45) is 0 Å². The normalized spacial score (nSPS) is 15.0. The number of ketones is 1. The lowest BCUT2D eigenvalue weighted by molar-refractivity contribution is 0.102. The van der Waals surface area contributed by atoms with Gasteiger partial charge in [-0.3, -0.25) is 14.2 Å². The van der Waals surface area contributed by atoms with E-state index in [1.807, 2.05) is 46.3 Å². The van der Waals surface area contributed by atoms with Crippen LogP contribution in [-0.2, 0) is 0 Å². The molecule has 128 valence electrons. The molecule has 1 aliphatic rings. The van der Waals surface area contributed by atoms with E-state index in [1.165, 1.54) is 23.1 Å². The molecule has 0 spiro atoms. The van der Waals surface area contributed by atoms with Gasteiger partial charge in [-0.2, -0.15) is 0 Å². The number of rotatable bonds is 5. The van der Waals surface area contributed by atoms with Crippen LogP contribution in [-0.4, -0.2) is 21.1 Å². The molecule has 0 amide bonds. The molecule has 3 aromatic rings. The van der Waals surface area contributed by atoms with Crippen LogP contribution in [0.4, 0.5) is 0 Å². The highest BCUT2D eigenvalue weighted by atomic mass is 32.2. The van der Waals surface area contributed by atoms with Gasteiger partial charge in [0.15, 0.2) is 10.9 Å². The molecule has 1 aromatic carbocycles. The lowest BCUT2D eigenvalue weighted by Gasteiger charge is -2.18. The molecule has 2 heterocycles. The summed E-state index contributed by atoms with van der Waals surface area (Å²) in [5.41, 5.74) is 0.719. The van der Waals surface area contributed by atoms with Crippen LogP contribution in [0.2, 0.25) is 0 Å². The summed E-state index contributed by atoms with van der Waals surface area (Å²) in [5.74, 6) is 0.387. The summed E-state index contributed by atoms with van der Waals surface area (Å²) in [6.07, 6.45) is 4.29. The van der Waals surface area contributed by atoms with Crippen molar-refractivity contribution in [2.45, 2.75) is 36.9 Å². The summed E-state index contributed by atoms with van der Waals surface area (Å²) >= 11 is 2.83. The molecule has 6 heteroatoms. The highest BCUT2D eigenvalue weighted by Crippen LogP contribution is 2.32. The van der Waals surface area contributed by atoms with E-state index in [-0.39, 0.29) is 17.4 Å². The number of fused-ring (bicyclic) bond motifs is 1. The predicted molar refractivity (Wildman–Crippen MR) is 103 cm³/mol. The molecule has 4 nitrogen and oxygen atoms in total. The second-order valence-electron chi connectivity index (χ2n) is 6.21. The number of para-hydroxylation sites is 1. The number of Topliss-reactive ketones (excluding diaryl/α,β-unsaturated/α-hetero) is 1. The first-order valence-electron chi connectivity index (χ1n) is 8.45. The van der Waals surface area contributed by atoms with Gasteiger partial charge in [-0.1, -0.05) is 42.8 Å². The molecule has 4 rings (SSSR count). The van der Waals surface area contributed by atoms with Crippen molar-refractivity contribution in [2.75, 3.05) is 5.75 Å². The summed E-state index contributed by atoms with van der Waals surface area (Å²) < 4.78 is 1.84. The molecule has 0 bridgehead atoms. The van der Waals surface area contributed by atoms with Crippen LogP contribution in [0.25, 0.3) is 10.9 Å². The Kier molecular flexibility index (Phi) is 4.72. The number of thiophene rings is 1. The Morgan fingerprint density at radius 3 is 2.76 bits per heavy atom. The minimum atomic E-state index is 0.0172. The number of nitrogens with zero attached hydrogens (tertiary/aromatic N) is 2. The Balaban J connectivity index is 1.72. The second kappa shape index (κ2) is 7.14. The highest BCUT2D eigenvalue weighted by molar-refractivity contribution is 7.99. The smallest absolute Gasteiger partial charge is 0.262 e. The van der Waals surface area contributed by atoms with Crippen LogP contribution in [0.3, 0.4) is 0 Å². The van der Waals surface area contributed by atoms with Crippen molar-refractivity contribution < 1.29 is 4.79 Å². The van der Waals surface area contributed by atoms with E-state index >= 15 is 0 Å². The van der Waals surface area contributed by atoms with Gasteiger partial charge < -0.3 is 0 Å². The van der Waals surface area contributed by atoms with Gasteiger partial charge >= 0.3 is 0 Å². The van der Waals surface area contributed by atoms with Crippen molar-refractivity contribution in [1.82, 2.24) is 9.55 Å². The Bertz CT molecular complexity index is 957. The molecule has 0 N–H and O–H groups in total. The number of hydrogen-bond donors (Lipinski definition) is 0. The van der Waals surface area contributed by atoms with Gasteiger partial charge in [0.25, 0.3) is 5.56 Å². The molecule has 1 aliphatic carbocycles. The molecular formula is C19H18N2O2S2. The van der Waals surface area contributed by atoms with E-state index in [2.05, 4.69) is 0 Å². The quantitative estimate of drug-likeness (QED) is 0.376. The lowest BCUT2D eigenvalue weighted by Crippen LogP contribution is -2.26. The summed E-state index contributed by atoms with van der Waals surface area (Å²) in [6, 6.07) is 11.4. The monoisotopic (exact) mass is 370 g/mol. The molecule has 0 radical (unpaired) electrons. The molecule has 25 heavy (non-hydrogen) atoms. The first-order chi connectivity index (χ1) is 12.2. The van der Waals surface area contributed by atoms with E-state index in [0.29, 0.717) is 21.8 Å². The van der Waals surface area contributed by atoms with Crippen LogP contribution in [0.15, 0.2) is 51.7 Å². The Morgan fingerprint density at radius 2 is 2.00 bits per heavy atom. The van der Waals surface area contributed by atoms with Crippen LogP contribution < -0.4 is 5.56 Å². The van der Waals surface area contributed by atoms with Crippen molar-refractivity contribution >= 4 is 39.8 Å². The summed E-state index contributed by atoms with van der Waals surface area (Å²) in [6.45, 7) is 0. The number of aromatic nitrogens is 2. The number of carbonyl (C=O) groups is 1. The Labute approximate surface area is 153 Å². The predicted octanol–water partition coefficient (Wildman–Crippen LogP) is 4.55. The first kappa shape index (κ1) is 16.5. The van der Waals surface area contributed by atoms with Gasteiger partial charge in [0.05, 0.1) is 21.5 Å². The lowest BCUT2D eigenvalue weighted by atomic mass is 10.2. The van der Waals surface area contributed by atoms with Crippen molar-refractivity contribution in [1.29, 1.82) is 0 Å². The van der Waals surface area contributed by atoms with Crippen LogP contribution in [0, 0.1) is 0 Å². The number of thioether (sulfide) groups is 1. The summed E-state index contributed by atoms with van der Waals surface area (Å²) in [5, 5.41) is 3.23. The fraction of sp³-hybridized carbons (Fsp3) is 0.316. The van der Waals surface area contributed by atoms with Crippen molar-refractivity contribution in [3.8, 4) is 0 Å². The zero-order valence-electron chi connectivity index (χ0n) is 13.7. The molecule has 0 aliphatic heterocycles. The van der Waals surface area contributed by atoms with Gasteiger partial charge in [0, 0.05) is 6.04 Å². The summed E-state index contributed by atoms with van der Waals surface area (Å²) in [7, 11) is 0. The Hall–Kier alpha value is -1.92. The molecular weight excluding hydrogens is 352 g/mol. The van der Waals surface area contributed by atoms with E-state index in [4.69, 9.17) is 4.98 Å². The van der Waals surface area contributed by atoms with Crippen LogP contribution in [0.1, 0.15) is 41.4 Å². The third kappa shape index (κ3) is 3.28. The average molecular weight is 370 g/mol. The van der Waals surface area contributed by atoms with Gasteiger partial charge in [0.2, 0.25) is 0 Å². The van der Waals surface area contributed by atoms with E-state index in [1.54, 1.807) is 0 Å². The fourth-order valence-electron chi connectivity index (χ4n) is 3.35.